The number of fused-ring (bicyclic) bond motifs is 5. The minimum Gasteiger partial charge on any atom is -0.247 e. The van der Waals surface area contributed by atoms with Crippen LogP contribution in [-0.2, 0) is 6.18 Å². The first-order valence-corrected chi connectivity index (χ1v) is 16.2. The van der Waals surface area contributed by atoms with Gasteiger partial charge in [-0.15, -0.1) is 0 Å². The van der Waals surface area contributed by atoms with E-state index in [0.29, 0.717) is 22.3 Å². The summed E-state index contributed by atoms with van der Waals surface area (Å²) in [5, 5.41) is 18.5. The van der Waals surface area contributed by atoms with Gasteiger partial charge in [-0.05, 0) is 48.0 Å². The maximum absolute atomic E-state index is 15.3. The van der Waals surface area contributed by atoms with Crippen LogP contribution in [0.5, 0.6) is 0 Å². The molecule has 0 amide bonds. The minimum atomic E-state index is -5.04. The standard InChI is InChI=1S/C42H17F8N5/c43-33-30(34(44)36(46)37(47)35(33)45)24-4-3-5-25(16-24)38-32-27(42(48,49)50)17-29-41(31(32)26-6-1-2-7-28(26)53-38)55-40(23-14-10-21(19-52)11-15-23)39(54-29)22-12-8-20(18-51)9-13-22/h1-17H. The van der Waals surface area contributed by atoms with Crippen LogP contribution in [0.15, 0.2) is 103 Å². The van der Waals surface area contributed by atoms with E-state index in [1.165, 1.54) is 24.3 Å². The van der Waals surface area contributed by atoms with Gasteiger partial charge in [0.1, 0.15) is 0 Å². The number of pyridine rings is 1. The van der Waals surface area contributed by atoms with Crippen LogP contribution < -0.4 is 0 Å². The Balaban J connectivity index is 1.51. The Morgan fingerprint density at radius 2 is 1.00 bits per heavy atom. The van der Waals surface area contributed by atoms with Crippen molar-refractivity contribution < 1.29 is 35.1 Å². The van der Waals surface area contributed by atoms with Crippen LogP contribution in [0.2, 0.25) is 0 Å². The van der Waals surface area contributed by atoms with E-state index in [9.17, 15) is 32.5 Å². The number of para-hydroxylation sites is 1. The lowest BCUT2D eigenvalue weighted by Crippen LogP contribution is -2.09. The third kappa shape index (κ3) is 5.74. The summed E-state index contributed by atoms with van der Waals surface area (Å²) in [6.07, 6.45) is -5.04. The van der Waals surface area contributed by atoms with Gasteiger partial charge in [-0.1, -0.05) is 60.7 Å². The molecule has 13 heteroatoms. The van der Waals surface area contributed by atoms with Gasteiger partial charge in [0.05, 0.1) is 68.0 Å². The maximum atomic E-state index is 15.3. The third-order valence-corrected chi connectivity index (χ3v) is 9.12. The van der Waals surface area contributed by atoms with Crippen molar-refractivity contribution in [1.29, 1.82) is 10.5 Å². The van der Waals surface area contributed by atoms with Crippen molar-refractivity contribution >= 4 is 32.7 Å². The molecule has 0 aliphatic heterocycles. The molecule has 8 rings (SSSR count). The number of hydrogen-bond donors (Lipinski definition) is 0. The highest BCUT2D eigenvalue weighted by Crippen LogP contribution is 2.46. The average Bonchev–Trinajstić information content (AvgIpc) is 3.20. The molecule has 6 aromatic carbocycles. The second kappa shape index (κ2) is 13.0. The molecule has 0 unspecified atom stereocenters. The summed E-state index contributed by atoms with van der Waals surface area (Å²) in [4.78, 5) is 14.2. The lowest BCUT2D eigenvalue weighted by Gasteiger charge is -2.19. The second-order valence-electron chi connectivity index (χ2n) is 12.3. The molecule has 0 aliphatic carbocycles. The zero-order chi connectivity index (χ0) is 38.8. The van der Waals surface area contributed by atoms with E-state index in [0.717, 1.165) is 18.2 Å². The van der Waals surface area contributed by atoms with E-state index in [4.69, 9.17) is 9.97 Å². The Labute approximate surface area is 305 Å². The number of halogens is 8. The van der Waals surface area contributed by atoms with Crippen LogP contribution in [0.3, 0.4) is 0 Å². The van der Waals surface area contributed by atoms with Crippen LogP contribution in [0.4, 0.5) is 35.1 Å². The highest BCUT2D eigenvalue weighted by atomic mass is 19.4. The Morgan fingerprint density at radius 3 is 1.58 bits per heavy atom. The van der Waals surface area contributed by atoms with Gasteiger partial charge in [0, 0.05) is 32.8 Å². The molecule has 2 heterocycles. The van der Waals surface area contributed by atoms with Crippen molar-refractivity contribution in [2.45, 2.75) is 6.18 Å². The molecule has 0 spiro atoms. The predicted molar refractivity (Wildman–Crippen MR) is 188 cm³/mol. The number of rotatable bonds is 4. The second-order valence-corrected chi connectivity index (χ2v) is 12.3. The Hall–Kier alpha value is -7.25. The van der Waals surface area contributed by atoms with Crippen molar-refractivity contribution in [3.63, 3.8) is 0 Å². The van der Waals surface area contributed by atoms with E-state index in [2.05, 4.69) is 4.98 Å². The molecule has 0 atom stereocenters. The average molecular weight is 744 g/mol. The fraction of sp³-hybridized carbons (Fsp3) is 0.0238. The first kappa shape index (κ1) is 34.8. The zero-order valence-corrected chi connectivity index (χ0v) is 27.6. The summed E-state index contributed by atoms with van der Waals surface area (Å²) >= 11 is 0. The van der Waals surface area contributed by atoms with Crippen LogP contribution in [0.25, 0.3) is 77.6 Å². The van der Waals surface area contributed by atoms with Crippen LogP contribution >= 0.6 is 0 Å². The number of alkyl halides is 3. The molecule has 266 valence electrons. The molecule has 8 aromatic rings. The van der Waals surface area contributed by atoms with Crippen molar-refractivity contribution in [2.75, 3.05) is 0 Å². The SMILES string of the molecule is N#Cc1ccc(-c2nc3cc(C(F)(F)F)c4c(-c5cccc(-c6c(F)c(F)c(F)c(F)c6F)c5)nc5ccccc5c4c3nc2-c2ccc(C#N)cc2)cc1. The highest BCUT2D eigenvalue weighted by molar-refractivity contribution is 6.22. The van der Waals surface area contributed by atoms with Crippen LogP contribution in [0.1, 0.15) is 16.7 Å². The molecule has 0 saturated carbocycles. The smallest absolute Gasteiger partial charge is 0.247 e. The van der Waals surface area contributed by atoms with E-state index < -0.39 is 57.3 Å². The molecule has 0 N–H and O–H groups in total. The number of nitrogens with zero attached hydrogens (tertiary/aromatic N) is 5. The van der Waals surface area contributed by atoms with Crippen LogP contribution in [-0.4, -0.2) is 15.0 Å². The molecule has 55 heavy (non-hydrogen) atoms. The molecular weight excluding hydrogens is 726 g/mol. The predicted octanol–water partition coefficient (Wildman–Crippen LogP) is 11.5. The molecule has 0 saturated heterocycles. The van der Waals surface area contributed by atoms with Crippen molar-refractivity contribution in [3.8, 4) is 57.0 Å². The first-order valence-electron chi connectivity index (χ1n) is 16.2. The van der Waals surface area contributed by atoms with Gasteiger partial charge < -0.3 is 0 Å². The van der Waals surface area contributed by atoms with Gasteiger partial charge >= 0.3 is 6.18 Å². The quantitative estimate of drug-likeness (QED) is 0.0775. The largest absolute Gasteiger partial charge is 0.417 e. The highest BCUT2D eigenvalue weighted by Gasteiger charge is 2.36. The summed E-state index contributed by atoms with van der Waals surface area (Å²) in [5.41, 5.74) is -1.33. The van der Waals surface area contributed by atoms with Gasteiger partial charge in [-0.2, -0.15) is 23.7 Å². The summed E-state index contributed by atoms with van der Waals surface area (Å²) < 4.78 is 118. The van der Waals surface area contributed by atoms with E-state index in [1.54, 1.807) is 60.7 Å². The fourth-order valence-corrected chi connectivity index (χ4v) is 6.58. The van der Waals surface area contributed by atoms with Crippen molar-refractivity contribution in [2.24, 2.45) is 0 Å². The molecule has 5 nitrogen and oxygen atoms in total. The number of benzene rings is 6. The lowest BCUT2D eigenvalue weighted by molar-refractivity contribution is -0.136. The van der Waals surface area contributed by atoms with E-state index in [1.807, 2.05) is 12.1 Å². The fourth-order valence-electron chi connectivity index (χ4n) is 6.58. The minimum absolute atomic E-state index is 0.0236. The van der Waals surface area contributed by atoms with E-state index in [-0.39, 0.29) is 50.0 Å². The summed E-state index contributed by atoms with van der Waals surface area (Å²) in [7, 11) is 0. The molecule has 0 bridgehead atoms. The third-order valence-electron chi connectivity index (χ3n) is 9.12. The lowest BCUT2D eigenvalue weighted by atomic mass is 9.92. The Bertz CT molecular complexity index is 2950. The van der Waals surface area contributed by atoms with Crippen LogP contribution in [0, 0.1) is 51.7 Å². The van der Waals surface area contributed by atoms with Gasteiger partial charge in [-0.3, -0.25) is 0 Å². The molecular formula is C42H17F8N5. The van der Waals surface area contributed by atoms with Gasteiger partial charge in [0.25, 0.3) is 0 Å². The summed E-state index contributed by atoms with van der Waals surface area (Å²) in [6, 6.07) is 28.3. The van der Waals surface area contributed by atoms with Gasteiger partial charge in [-0.25, -0.2) is 36.9 Å². The maximum Gasteiger partial charge on any atom is 0.417 e. The van der Waals surface area contributed by atoms with Crippen molar-refractivity contribution in [1.82, 2.24) is 15.0 Å². The molecule has 2 aromatic heterocycles. The van der Waals surface area contributed by atoms with Gasteiger partial charge in [0.2, 0.25) is 5.82 Å². The number of aromatic nitrogens is 3. The Kier molecular flexibility index (Phi) is 8.23. The summed E-state index contributed by atoms with van der Waals surface area (Å²) in [6.45, 7) is 0. The first-order chi connectivity index (χ1) is 26.4. The topological polar surface area (TPSA) is 86.2 Å². The van der Waals surface area contributed by atoms with E-state index >= 15 is 13.2 Å². The van der Waals surface area contributed by atoms with Crippen molar-refractivity contribution in [3.05, 3.63) is 149 Å². The summed E-state index contributed by atoms with van der Waals surface area (Å²) in [5.74, 6) is -11.0. The molecule has 0 fully saturated rings. The monoisotopic (exact) mass is 743 g/mol. The Morgan fingerprint density at radius 1 is 0.473 bits per heavy atom. The number of nitriles is 2. The normalized spacial score (nSPS) is 11.6. The molecule has 0 radical (unpaired) electrons. The molecule has 0 aliphatic rings. The van der Waals surface area contributed by atoms with Gasteiger partial charge in [0.15, 0.2) is 23.3 Å². The zero-order valence-electron chi connectivity index (χ0n) is 27.6. The number of hydrogen-bond acceptors (Lipinski definition) is 5.